The number of hydrogen-bond acceptors (Lipinski definition) is 8. The Kier molecular flexibility index (Phi) is 11.4. The maximum absolute atomic E-state index is 13.3. The highest BCUT2D eigenvalue weighted by Crippen LogP contribution is 2.08. The summed E-state index contributed by atoms with van der Waals surface area (Å²) in [6.07, 6.45) is 5.78. The lowest BCUT2D eigenvalue weighted by atomic mass is 9.98. The molecule has 0 aliphatic carbocycles. The number of primary amides is 1. The van der Waals surface area contributed by atoms with Gasteiger partial charge >= 0.3 is 5.97 Å². The molecule has 0 aliphatic rings. The number of carboxylic acids is 1. The van der Waals surface area contributed by atoms with Crippen molar-refractivity contribution in [1.29, 1.82) is 0 Å². The summed E-state index contributed by atoms with van der Waals surface area (Å²) in [6, 6.07) is -4.68. The van der Waals surface area contributed by atoms with Crippen molar-refractivity contribution in [3.8, 4) is 0 Å². The number of hydrogen-bond donors (Lipinski definition) is 8. The molecular formula is C23H35N9O6. The van der Waals surface area contributed by atoms with Gasteiger partial charge < -0.3 is 42.5 Å². The van der Waals surface area contributed by atoms with Gasteiger partial charge in [-0.1, -0.05) is 20.3 Å². The Hall–Kier alpha value is -4.27. The zero-order valence-electron chi connectivity index (χ0n) is 21.3. The fourth-order valence-corrected chi connectivity index (χ4v) is 3.52. The lowest BCUT2D eigenvalue weighted by molar-refractivity contribution is -0.142. The van der Waals surface area contributed by atoms with Gasteiger partial charge in [0.2, 0.25) is 23.6 Å². The van der Waals surface area contributed by atoms with Gasteiger partial charge in [0.25, 0.3) is 0 Å². The number of carbonyl (C=O) groups excluding carboxylic acids is 4. The first-order valence-electron chi connectivity index (χ1n) is 12.1. The summed E-state index contributed by atoms with van der Waals surface area (Å²) in [5, 5.41) is 17.1. The van der Waals surface area contributed by atoms with E-state index in [0.717, 1.165) is 0 Å². The van der Waals surface area contributed by atoms with E-state index >= 15 is 0 Å². The molecule has 0 saturated heterocycles. The van der Waals surface area contributed by atoms with Crippen molar-refractivity contribution in [2.45, 2.75) is 70.1 Å². The van der Waals surface area contributed by atoms with Gasteiger partial charge in [0.1, 0.15) is 18.1 Å². The van der Waals surface area contributed by atoms with Gasteiger partial charge in [-0.3, -0.25) is 19.2 Å². The number of carbonyl (C=O) groups is 5. The lowest BCUT2D eigenvalue weighted by Crippen LogP contribution is -2.58. The summed E-state index contributed by atoms with van der Waals surface area (Å²) in [6.45, 7) is 3.69. The van der Waals surface area contributed by atoms with Crippen LogP contribution in [0.3, 0.4) is 0 Å². The van der Waals surface area contributed by atoms with E-state index in [1.165, 1.54) is 25.0 Å². The SMILES string of the molecule is CCC(C)C(N)C(=O)NC(Cc1cnc[nH]1)C(=O)NC(CCC(N)=O)C(=O)NC(Cc1cnc[nH]1)C(=O)O. The molecule has 10 N–H and O–H groups in total. The largest absolute Gasteiger partial charge is 0.480 e. The number of nitrogens with zero attached hydrogens (tertiary/aromatic N) is 2. The van der Waals surface area contributed by atoms with Crippen LogP contribution in [0.25, 0.3) is 0 Å². The summed E-state index contributed by atoms with van der Waals surface area (Å²) >= 11 is 0. The van der Waals surface area contributed by atoms with Gasteiger partial charge in [0, 0.05) is 43.0 Å². The number of aliphatic carboxylic acids is 1. The molecule has 0 bridgehead atoms. The van der Waals surface area contributed by atoms with Crippen LogP contribution in [0.2, 0.25) is 0 Å². The van der Waals surface area contributed by atoms with Crippen LogP contribution in [0.5, 0.6) is 0 Å². The Balaban J connectivity index is 2.20. The molecule has 2 aromatic rings. The van der Waals surface area contributed by atoms with Crippen molar-refractivity contribution >= 4 is 29.6 Å². The minimum atomic E-state index is -1.34. The average molecular weight is 534 g/mol. The normalized spacial score (nSPS) is 14.9. The number of imidazole rings is 2. The van der Waals surface area contributed by atoms with Crippen LogP contribution in [0.1, 0.15) is 44.5 Å². The summed E-state index contributed by atoms with van der Waals surface area (Å²) in [5.74, 6) is -4.31. The number of nitrogens with two attached hydrogens (primary N) is 2. The third-order valence-electron chi connectivity index (χ3n) is 6.08. The number of aromatic nitrogens is 4. The second kappa shape index (κ2) is 14.5. The van der Waals surface area contributed by atoms with Crippen LogP contribution in [-0.2, 0) is 36.8 Å². The molecule has 5 unspecified atom stereocenters. The maximum Gasteiger partial charge on any atom is 0.326 e. The Labute approximate surface area is 218 Å². The van der Waals surface area contributed by atoms with Crippen LogP contribution < -0.4 is 27.4 Å². The minimum Gasteiger partial charge on any atom is -0.480 e. The van der Waals surface area contributed by atoms with Gasteiger partial charge in [-0.25, -0.2) is 14.8 Å². The number of amides is 4. The number of H-pyrrole nitrogens is 2. The molecule has 15 nitrogen and oxygen atoms in total. The summed E-state index contributed by atoms with van der Waals surface area (Å²) < 4.78 is 0. The predicted octanol–water partition coefficient (Wildman–Crippen LogP) is -1.90. The Morgan fingerprint density at radius 1 is 0.895 bits per heavy atom. The third kappa shape index (κ3) is 9.31. The molecule has 0 aromatic carbocycles. The van der Waals surface area contributed by atoms with Crippen LogP contribution >= 0.6 is 0 Å². The Bertz CT molecular complexity index is 1070. The molecular weight excluding hydrogens is 498 g/mol. The molecule has 2 aromatic heterocycles. The molecule has 2 rings (SSSR count). The van der Waals surface area contributed by atoms with Crippen LogP contribution in [0, 0.1) is 5.92 Å². The van der Waals surface area contributed by atoms with E-state index < -0.39 is 53.8 Å². The van der Waals surface area contributed by atoms with E-state index in [1.807, 2.05) is 6.92 Å². The quantitative estimate of drug-likeness (QED) is 0.120. The smallest absolute Gasteiger partial charge is 0.326 e. The highest BCUT2D eigenvalue weighted by molar-refractivity contribution is 5.94. The van der Waals surface area contributed by atoms with E-state index in [1.54, 1.807) is 6.92 Å². The number of nitrogens with one attached hydrogen (secondary N) is 5. The standard InChI is InChI=1S/C23H35N9O6/c1-3-12(2)19(25)22(36)31-16(6-13-8-26-10-28-13)21(35)30-15(4-5-18(24)33)20(34)32-17(23(37)38)7-14-9-27-11-29-14/h8-12,15-17,19H,3-7,25H2,1-2H3,(H2,24,33)(H,26,28)(H,27,29)(H,30,35)(H,31,36)(H,32,34)(H,37,38). The summed E-state index contributed by atoms with van der Waals surface area (Å²) in [7, 11) is 0. The first kappa shape index (κ1) is 30.0. The molecule has 0 saturated carbocycles. The predicted molar refractivity (Wildman–Crippen MR) is 134 cm³/mol. The average Bonchev–Trinajstić information content (AvgIpc) is 3.58. The van der Waals surface area contributed by atoms with Crippen molar-refractivity contribution in [3.05, 3.63) is 36.4 Å². The maximum atomic E-state index is 13.3. The zero-order chi connectivity index (χ0) is 28.2. The van der Waals surface area contributed by atoms with Gasteiger partial charge in [0.05, 0.1) is 18.7 Å². The van der Waals surface area contributed by atoms with E-state index in [9.17, 15) is 29.1 Å². The molecule has 2 heterocycles. The second-order valence-electron chi connectivity index (χ2n) is 9.00. The molecule has 5 atom stereocenters. The highest BCUT2D eigenvalue weighted by atomic mass is 16.4. The molecule has 0 radical (unpaired) electrons. The van der Waals surface area contributed by atoms with Gasteiger partial charge in [-0.15, -0.1) is 0 Å². The molecule has 0 fully saturated rings. The second-order valence-corrected chi connectivity index (χ2v) is 9.00. The molecule has 4 amide bonds. The fraction of sp³-hybridized carbons (Fsp3) is 0.522. The highest BCUT2D eigenvalue weighted by Gasteiger charge is 2.31. The van der Waals surface area contributed by atoms with Gasteiger partial charge in [-0.05, 0) is 12.3 Å². The number of aromatic amines is 2. The summed E-state index contributed by atoms with van der Waals surface area (Å²) in [4.78, 5) is 75.5. The topological polar surface area (TPSA) is 251 Å². The molecule has 38 heavy (non-hydrogen) atoms. The molecule has 0 aliphatic heterocycles. The first-order valence-corrected chi connectivity index (χ1v) is 12.1. The van der Waals surface area contributed by atoms with Crippen LogP contribution in [0.15, 0.2) is 25.0 Å². The first-order chi connectivity index (χ1) is 18.0. The lowest BCUT2D eigenvalue weighted by Gasteiger charge is -2.26. The van der Waals surface area contributed by atoms with Crippen molar-refractivity contribution in [1.82, 2.24) is 35.9 Å². The number of carboxylic acid groups (broad SMARTS) is 1. The summed E-state index contributed by atoms with van der Waals surface area (Å²) in [5.41, 5.74) is 12.3. The Morgan fingerprint density at radius 3 is 1.87 bits per heavy atom. The fourth-order valence-electron chi connectivity index (χ4n) is 3.52. The van der Waals surface area contributed by atoms with Crippen molar-refractivity contribution in [2.24, 2.45) is 17.4 Å². The molecule has 0 spiro atoms. The number of rotatable bonds is 16. The van der Waals surface area contributed by atoms with E-state index in [0.29, 0.717) is 17.8 Å². The zero-order valence-corrected chi connectivity index (χ0v) is 21.3. The van der Waals surface area contributed by atoms with Crippen LogP contribution in [0.4, 0.5) is 0 Å². The van der Waals surface area contributed by atoms with Gasteiger partial charge in [-0.2, -0.15) is 0 Å². The van der Waals surface area contributed by atoms with Crippen molar-refractivity contribution in [2.75, 3.05) is 0 Å². The van der Waals surface area contributed by atoms with Gasteiger partial charge in [0.15, 0.2) is 0 Å². The molecule has 208 valence electrons. The third-order valence-corrected chi connectivity index (χ3v) is 6.08. The van der Waals surface area contributed by atoms with Crippen molar-refractivity contribution in [3.63, 3.8) is 0 Å². The monoisotopic (exact) mass is 533 g/mol. The Morgan fingerprint density at radius 2 is 1.39 bits per heavy atom. The van der Waals surface area contributed by atoms with E-state index in [4.69, 9.17) is 11.5 Å². The molecule has 15 heteroatoms. The van der Waals surface area contributed by atoms with Crippen molar-refractivity contribution < 1.29 is 29.1 Å². The van der Waals surface area contributed by atoms with E-state index in [-0.39, 0.29) is 31.6 Å². The van der Waals surface area contributed by atoms with E-state index in [2.05, 4.69) is 35.9 Å². The minimum absolute atomic E-state index is 0.00648. The van der Waals surface area contributed by atoms with Crippen LogP contribution in [-0.4, -0.2) is 78.8 Å².